The third kappa shape index (κ3) is 3.14. The summed E-state index contributed by atoms with van der Waals surface area (Å²) in [6, 6.07) is 0.192. The van der Waals surface area contributed by atoms with E-state index in [4.69, 9.17) is 0 Å². The molecule has 4 nitrogen and oxygen atoms in total. The van der Waals surface area contributed by atoms with Gasteiger partial charge in [0.25, 0.3) is 0 Å². The first kappa shape index (κ1) is 15.7. The second-order valence-electron chi connectivity index (χ2n) is 6.07. The summed E-state index contributed by atoms with van der Waals surface area (Å²) in [6.07, 6.45) is 8.15. The first-order chi connectivity index (χ1) is 9.49. The lowest BCUT2D eigenvalue weighted by Crippen LogP contribution is -2.46. The topological polar surface area (TPSA) is 46.9 Å². The van der Waals surface area contributed by atoms with Gasteiger partial charge in [-0.2, -0.15) is 5.10 Å². The third-order valence-electron chi connectivity index (χ3n) is 4.34. The zero-order valence-electron chi connectivity index (χ0n) is 12.6. The molecule has 0 spiro atoms. The van der Waals surface area contributed by atoms with Crippen molar-refractivity contribution in [2.75, 3.05) is 7.05 Å². The van der Waals surface area contributed by atoms with E-state index >= 15 is 0 Å². The SMILES string of the molecule is CNC1(CC(=O)c2c(Br)cnn2C(C)C)CCCCC1. The van der Waals surface area contributed by atoms with Gasteiger partial charge in [-0.15, -0.1) is 0 Å². The molecule has 0 amide bonds. The lowest BCUT2D eigenvalue weighted by molar-refractivity contribution is 0.0901. The Balaban J connectivity index is 2.21. The van der Waals surface area contributed by atoms with E-state index in [1.165, 1.54) is 19.3 Å². The molecule has 1 N–H and O–H groups in total. The van der Waals surface area contributed by atoms with E-state index in [9.17, 15) is 4.79 Å². The van der Waals surface area contributed by atoms with Crippen molar-refractivity contribution in [3.05, 3.63) is 16.4 Å². The lowest BCUT2D eigenvalue weighted by atomic mass is 9.78. The number of rotatable bonds is 5. The third-order valence-corrected chi connectivity index (χ3v) is 4.92. The van der Waals surface area contributed by atoms with Gasteiger partial charge in [-0.3, -0.25) is 9.48 Å². The van der Waals surface area contributed by atoms with E-state index in [2.05, 4.69) is 26.3 Å². The number of ketones is 1. The summed E-state index contributed by atoms with van der Waals surface area (Å²) in [5.74, 6) is 0.180. The fourth-order valence-electron chi connectivity index (χ4n) is 3.13. The molecule has 2 rings (SSSR count). The van der Waals surface area contributed by atoms with Gasteiger partial charge in [0.05, 0.1) is 10.7 Å². The zero-order chi connectivity index (χ0) is 14.8. The molecule has 0 saturated heterocycles. The van der Waals surface area contributed by atoms with Gasteiger partial charge in [0.2, 0.25) is 0 Å². The molecule has 0 radical (unpaired) electrons. The molecule has 0 bridgehead atoms. The number of aromatic nitrogens is 2. The number of Topliss-reactive ketones (excluding diaryl/α,β-unsaturated/α-hetero) is 1. The lowest BCUT2D eigenvalue weighted by Gasteiger charge is -2.36. The first-order valence-corrected chi connectivity index (χ1v) is 8.23. The highest BCUT2D eigenvalue weighted by Crippen LogP contribution is 2.33. The normalized spacial score (nSPS) is 18.4. The average molecular weight is 342 g/mol. The number of carbonyl (C=O) groups excluding carboxylic acids is 1. The fraction of sp³-hybridized carbons (Fsp3) is 0.733. The zero-order valence-corrected chi connectivity index (χ0v) is 14.2. The van der Waals surface area contributed by atoms with Gasteiger partial charge in [-0.25, -0.2) is 0 Å². The second-order valence-corrected chi connectivity index (χ2v) is 6.92. The minimum atomic E-state index is -0.0269. The van der Waals surface area contributed by atoms with Crippen molar-refractivity contribution in [1.29, 1.82) is 0 Å². The highest BCUT2D eigenvalue weighted by atomic mass is 79.9. The minimum Gasteiger partial charge on any atom is -0.314 e. The summed E-state index contributed by atoms with van der Waals surface area (Å²) >= 11 is 3.47. The van der Waals surface area contributed by atoms with Crippen LogP contribution in [-0.4, -0.2) is 28.2 Å². The number of nitrogens with zero attached hydrogens (tertiary/aromatic N) is 2. The molecule has 0 aliphatic heterocycles. The van der Waals surface area contributed by atoms with Crippen LogP contribution in [0.15, 0.2) is 10.7 Å². The number of hydrogen-bond acceptors (Lipinski definition) is 3. The Morgan fingerprint density at radius 1 is 1.45 bits per heavy atom. The Kier molecular flexibility index (Phi) is 5.02. The van der Waals surface area contributed by atoms with Gasteiger partial charge >= 0.3 is 0 Å². The largest absolute Gasteiger partial charge is 0.314 e. The van der Waals surface area contributed by atoms with Crippen LogP contribution >= 0.6 is 15.9 Å². The van der Waals surface area contributed by atoms with Crippen molar-refractivity contribution >= 4 is 21.7 Å². The molecule has 5 heteroatoms. The molecule has 0 atom stereocenters. The van der Waals surface area contributed by atoms with E-state index in [1.54, 1.807) is 6.20 Å². The summed E-state index contributed by atoms with van der Waals surface area (Å²) in [6.45, 7) is 4.09. The van der Waals surface area contributed by atoms with Crippen molar-refractivity contribution in [3.63, 3.8) is 0 Å². The van der Waals surface area contributed by atoms with Crippen LogP contribution in [0, 0.1) is 0 Å². The number of halogens is 1. The Bertz CT molecular complexity index is 475. The summed E-state index contributed by atoms with van der Waals surface area (Å²) in [4.78, 5) is 12.8. The molecule has 1 saturated carbocycles. The van der Waals surface area contributed by atoms with Gasteiger partial charge in [0, 0.05) is 18.0 Å². The van der Waals surface area contributed by atoms with Crippen molar-refractivity contribution < 1.29 is 4.79 Å². The molecular formula is C15H24BrN3O. The molecule has 1 aromatic heterocycles. The highest BCUT2D eigenvalue weighted by molar-refractivity contribution is 9.10. The number of carbonyl (C=O) groups is 1. The van der Waals surface area contributed by atoms with Crippen LogP contribution in [0.1, 0.15) is 68.9 Å². The molecular weight excluding hydrogens is 318 g/mol. The Morgan fingerprint density at radius 3 is 2.65 bits per heavy atom. The number of hydrogen-bond donors (Lipinski definition) is 1. The molecule has 0 aromatic carbocycles. The predicted octanol–water partition coefficient (Wildman–Crippen LogP) is 3.72. The van der Waals surface area contributed by atoms with Crippen LogP contribution in [-0.2, 0) is 0 Å². The summed E-state index contributed by atoms with van der Waals surface area (Å²) in [5.41, 5.74) is 0.682. The molecule has 1 heterocycles. The van der Waals surface area contributed by atoms with E-state index in [0.717, 1.165) is 17.3 Å². The molecule has 0 unspecified atom stereocenters. The molecule has 1 fully saturated rings. The van der Waals surface area contributed by atoms with Crippen LogP contribution in [0.4, 0.5) is 0 Å². The monoisotopic (exact) mass is 341 g/mol. The van der Waals surface area contributed by atoms with Gasteiger partial charge in [0.1, 0.15) is 5.69 Å². The average Bonchev–Trinajstić information content (AvgIpc) is 2.82. The maximum atomic E-state index is 12.8. The quantitative estimate of drug-likeness (QED) is 0.830. The van der Waals surface area contributed by atoms with Crippen molar-refractivity contribution in [3.8, 4) is 0 Å². The number of nitrogens with one attached hydrogen (secondary N) is 1. The summed E-state index contributed by atoms with van der Waals surface area (Å²) in [5, 5.41) is 7.72. The Morgan fingerprint density at radius 2 is 2.10 bits per heavy atom. The molecule has 1 aliphatic carbocycles. The molecule has 112 valence electrons. The van der Waals surface area contributed by atoms with Crippen molar-refractivity contribution in [1.82, 2.24) is 15.1 Å². The smallest absolute Gasteiger partial charge is 0.183 e. The van der Waals surface area contributed by atoms with Crippen LogP contribution in [0.2, 0.25) is 0 Å². The minimum absolute atomic E-state index is 0.0269. The van der Waals surface area contributed by atoms with Crippen LogP contribution in [0.25, 0.3) is 0 Å². The fourth-order valence-corrected chi connectivity index (χ4v) is 3.62. The van der Waals surface area contributed by atoms with E-state index in [1.807, 2.05) is 25.6 Å². The van der Waals surface area contributed by atoms with Gasteiger partial charge in [-0.1, -0.05) is 19.3 Å². The van der Waals surface area contributed by atoms with Gasteiger partial charge in [0.15, 0.2) is 5.78 Å². The van der Waals surface area contributed by atoms with Crippen LogP contribution < -0.4 is 5.32 Å². The van der Waals surface area contributed by atoms with E-state index in [0.29, 0.717) is 12.1 Å². The molecule has 1 aromatic rings. The van der Waals surface area contributed by atoms with Gasteiger partial charge in [-0.05, 0) is 49.7 Å². The molecule has 20 heavy (non-hydrogen) atoms. The summed E-state index contributed by atoms with van der Waals surface area (Å²) < 4.78 is 2.62. The maximum absolute atomic E-state index is 12.8. The Hall–Kier alpha value is -0.680. The summed E-state index contributed by atoms with van der Waals surface area (Å²) in [7, 11) is 1.98. The molecule has 1 aliphatic rings. The van der Waals surface area contributed by atoms with Crippen LogP contribution in [0.3, 0.4) is 0 Å². The van der Waals surface area contributed by atoms with Crippen molar-refractivity contribution in [2.24, 2.45) is 0 Å². The first-order valence-electron chi connectivity index (χ1n) is 7.44. The van der Waals surface area contributed by atoms with Crippen molar-refractivity contribution in [2.45, 2.75) is 64.0 Å². The Labute approximate surface area is 129 Å². The predicted molar refractivity (Wildman–Crippen MR) is 84.1 cm³/mol. The standard InChI is InChI=1S/C15H24BrN3O/c1-11(2)19-14(12(16)10-18-19)13(20)9-15(17-3)7-5-4-6-8-15/h10-11,17H,4-9H2,1-3H3. The second kappa shape index (κ2) is 6.39. The maximum Gasteiger partial charge on any atom is 0.183 e. The highest BCUT2D eigenvalue weighted by Gasteiger charge is 2.34. The van der Waals surface area contributed by atoms with Crippen LogP contribution in [0.5, 0.6) is 0 Å². The van der Waals surface area contributed by atoms with E-state index < -0.39 is 0 Å². The van der Waals surface area contributed by atoms with Gasteiger partial charge < -0.3 is 5.32 Å². The van der Waals surface area contributed by atoms with E-state index in [-0.39, 0.29) is 17.4 Å².